The number of piperazine rings is 1. The SMILES string of the molecule is Cc1ccc(C)c(N2CCN(S(=O)(=O)CCCOc3ccc(F)cc3)CC2)c1. The summed E-state index contributed by atoms with van der Waals surface area (Å²) in [5.74, 6) is 0.272. The van der Waals surface area contributed by atoms with Gasteiger partial charge in [0.15, 0.2) is 0 Å². The molecule has 3 rings (SSSR count). The minimum Gasteiger partial charge on any atom is -0.494 e. The average molecular weight is 407 g/mol. The van der Waals surface area contributed by atoms with Crippen molar-refractivity contribution in [1.29, 1.82) is 0 Å². The molecule has 0 spiro atoms. The number of rotatable bonds is 7. The molecule has 0 radical (unpaired) electrons. The van der Waals surface area contributed by atoms with Crippen LogP contribution in [0.4, 0.5) is 10.1 Å². The van der Waals surface area contributed by atoms with Crippen LogP contribution in [0.15, 0.2) is 42.5 Å². The van der Waals surface area contributed by atoms with Gasteiger partial charge >= 0.3 is 0 Å². The predicted octanol–water partition coefficient (Wildman–Crippen LogP) is 3.36. The molecule has 5 nitrogen and oxygen atoms in total. The van der Waals surface area contributed by atoms with Gasteiger partial charge in [-0.1, -0.05) is 12.1 Å². The molecular formula is C21H27FN2O3S. The van der Waals surface area contributed by atoms with Crippen LogP contribution in [0.5, 0.6) is 5.75 Å². The van der Waals surface area contributed by atoms with E-state index in [2.05, 4.69) is 36.9 Å². The van der Waals surface area contributed by atoms with Crippen LogP contribution in [0.3, 0.4) is 0 Å². The van der Waals surface area contributed by atoms with E-state index in [-0.39, 0.29) is 18.2 Å². The predicted molar refractivity (Wildman–Crippen MR) is 110 cm³/mol. The molecule has 0 amide bonds. The number of hydrogen-bond donors (Lipinski definition) is 0. The van der Waals surface area contributed by atoms with E-state index in [0.29, 0.717) is 38.3 Å². The molecule has 0 unspecified atom stereocenters. The second-order valence-corrected chi connectivity index (χ2v) is 9.24. The zero-order chi connectivity index (χ0) is 20.1. The summed E-state index contributed by atoms with van der Waals surface area (Å²) >= 11 is 0. The molecule has 0 aromatic heterocycles. The highest BCUT2D eigenvalue weighted by Crippen LogP contribution is 2.23. The molecule has 0 aliphatic carbocycles. The van der Waals surface area contributed by atoms with Crippen molar-refractivity contribution in [2.45, 2.75) is 20.3 Å². The quantitative estimate of drug-likeness (QED) is 0.662. The lowest BCUT2D eigenvalue weighted by Gasteiger charge is -2.36. The monoisotopic (exact) mass is 406 g/mol. The first kappa shape index (κ1) is 20.6. The van der Waals surface area contributed by atoms with Gasteiger partial charge in [0.2, 0.25) is 10.0 Å². The Morgan fingerprint density at radius 2 is 1.68 bits per heavy atom. The van der Waals surface area contributed by atoms with Crippen molar-refractivity contribution < 1.29 is 17.5 Å². The maximum Gasteiger partial charge on any atom is 0.214 e. The summed E-state index contributed by atoms with van der Waals surface area (Å²) in [6.07, 6.45) is 0.400. The van der Waals surface area contributed by atoms with Crippen molar-refractivity contribution in [2.24, 2.45) is 0 Å². The third kappa shape index (κ3) is 5.23. The molecule has 1 aliphatic heterocycles. The molecule has 2 aromatic rings. The van der Waals surface area contributed by atoms with Crippen molar-refractivity contribution >= 4 is 15.7 Å². The number of ether oxygens (including phenoxy) is 1. The number of anilines is 1. The van der Waals surface area contributed by atoms with Gasteiger partial charge in [0.25, 0.3) is 0 Å². The molecule has 0 bridgehead atoms. The first-order chi connectivity index (χ1) is 13.3. The van der Waals surface area contributed by atoms with Crippen molar-refractivity contribution in [1.82, 2.24) is 4.31 Å². The van der Waals surface area contributed by atoms with Crippen LogP contribution in [0, 0.1) is 19.7 Å². The molecule has 28 heavy (non-hydrogen) atoms. The normalized spacial score (nSPS) is 15.6. The Kier molecular flexibility index (Phi) is 6.57. The highest BCUT2D eigenvalue weighted by molar-refractivity contribution is 7.89. The Bertz CT molecular complexity index is 892. The Balaban J connectivity index is 1.47. The Labute approximate surface area is 166 Å². The number of hydrogen-bond acceptors (Lipinski definition) is 4. The molecule has 0 N–H and O–H groups in total. The maximum atomic E-state index is 12.9. The largest absolute Gasteiger partial charge is 0.494 e. The van der Waals surface area contributed by atoms with Crippen molar-refractivity contribution in [3.63, 3.8) is 0 Å². The van der Waals surface area contributed by atoms with E-state index in [1.165, 1.54) is 41.1 Å². The van der Waals surface area contributed by atoms with Crippen molar-refractivity contribution in [3.05, 3.63) is 59.4 Å². The summed E-state index contributed by atoms with van der Waals surface area (Å²) in [5.41, 5.74) is 3.60. The van der Waals surface area contributed by atoms with Gasteiger partial charge in [0.05, 0.1) is 12.4 Å². The molecule has 0 saturated carbocycles. The van der Waals surface area contributed by atoms with Gasteiger partial charge in [-0.15, -0.1) is 0 Å². The van der Waals surface area contributed by atoms with Crippen LogP contribution >= 0.6 is 0 Å². The standard InChI is InChI=1S/C21H27FN2O3S/c1-17-4-5-18(2)21(16-17)23-10-12-24(13-11-23)28(25,26)15-3-14-27-20-8-6-19(22)7-9-20/h4-9,16H,3,10-15H2,1-2H3. The second-order valence-electron chi connectivity index (χ2n) is 7.15. The Morgan fingerprint density at radius 1 is 1.00 bits per heavy atom. The summed E-state index contributed by atoms with van der Waals surface area (Å²) in [4.78, 5) is 2.26. The van der Waals surface area contributed by atoms with Crippen LogP contribution in [-0.4, -0.2) is 51.3 Å². The van der Waals surface area contributed by atoms with E-state index in [9.17, 15) is 12.8 Å². The van der Waals surface area contributed by atoms with E-state index < -0.39 is 10.0 Å². The third-order valence-corrected chi connectivity index (χ3v) is 6.92. The minimum absolute atomic E-state index is 0.0532. The number of sulfonamides is 1. The lowest BCUT2D eigenvalue weighted by molar-refractivity contribution is 0.314. The first-order valence-electron chi connectivity index (χ1n) is 9.53. The minimum atomic E-state index is -3.30. The van der Waals surface area contributed by atoms with E-state index in [1.54, 1.807) is 4.31 Å². The van der Waals surface area contributed by atoms with Crippen molar-refractivity contribution in [3.8, 4) is 5.75 Å². The topological polar surface area (TPSA) is 49.9 Å². The summed E-state index contributed by atoms with van der Waals surface area (Å²) in [6, 6.07) is 12.1. The number of nitrogens with zero attached hydrogens (tertiary/aromatic N) is 2. The summed E-state index contributed by atoms with van der Waals surface area (Å²) in [7, 11) is -3.30. The van der Waals surface area contributed by atoms with Gasteiger partial charge in [-0.2, -0.15) is 4.31 Å². The summed E-state index contributed by atoms with van der Waals surface area (Å²) in [5, 5.41) is 0. The molecule has 7 heteroatoms. The van der Waals surface area contributed by atoms with Gasteiger partial charge in [-0.05, 0) is 61.7 Å². The highest BCUT2D eigenvalue weighted by Gasteiger charge is 2.27. The summed E-state index contributed by atoms with van der Waals surface area (Å²) < 4.78 is 45.1. The lowest BCUT2D eigenvalue weighted by atomic mass is 10.1. The fourth-order valence-electron chi connectivity index (χ4n) is 3.36. The van der Waals surface area contributed by atoms with Gasteiger partial charge in [-0.25, -0.2) is 12.8 Å². The van der Waals surface area contributed by atoms with E-state index in [1.807, 2.05) is 0 Å². The lowest BCUT2D eigenvalue weighted by Crippen LogP contribution is -2.49. The molecule has 1 saturated heterocycles. The van der Waals surface area contributed by atoms with Crippen LogP contribution in [0.25, 0.3) is 0 Å². The molecule has 1 heterocycles. The Morgan fingerprint density at radius 3 is 2.36 bits per heavy atom. The average Bonchev–Trinajstić information content (AvgIpc) is 2.69. The smallest absolute Gasteiger partial charge is 0.214 e. The molecule has 1 fully saturated rings. The fourth-order valence-corrected chi connectivity index (χ4v) is 4.82. The molecule has 152 valence electrons. The van der Waals surface area contributed by atoms with Gasteiger partial charge in [0.1, 0.15) is 11.6 Å². The highest BCUT2D eigenvalue weighted by atomic mass is 32.2. The van der Waals surface area contributed by atoms with Gasteiger partial charge < -0.3 is 9.64 Å². The third-order valence-electron chi connectivity index (χ3n) is 4.97. The fraction of sp³-hybridized carbons (Fsp3) is 0.429. The molecule has 1 aliphatic rings. The molecule has 0 atom stereocenters. The first-order valence-corrected chi connectivity index (χ1v) is 11.1. The molecule has 2 aromatic carbocycles. The van der Waals surface area contributed by atoms with Crippen molar-refractivity contribution in [2.75, 3.05) is 43.4 Å². The van der Waals surface area contributed by atoms with Crippen LogP contribution < -0.4 is 9.64 Å². The van der Waals surface area contributed by atoms with E-state index >= 15 is 0 Å². The zero-order valence-electron chi connectivity index (χ0n) is 16.4. The zero-order valence-corrected chi connectivity index (χ0v) is 17.2. The van der Waals surface area contributed by atoms with Crippen LogP contribution in [-0.2, 0) is 10.0 Å². The van der Waals surface area contributed by atoms with Gasteiger partial charge in [0, 0.05) is 31.9 Å². The van der Waals surface area contributed by atoms with Gasteiger partial charge in [-0.3, -0.25) is 0 Å². The van der Waals surface area contributed by atoms with Crippen LogP contribution in [0.2, 0.25) is 0 Å². The second kappa shape index (κ2) is 8.92. The van der Waals surface area contributed by atoms with E-state index in [0.717, 1.165) is 0 Å². The maximum absolute atomic E-state index is 12.9. The summed E-state index contributed by atoms with van der Waals surface area (Å²) in [6.45, 7) is 6.80. The Hall–Kier alpha value is -2.12. The molecular weight excluding hydrogens is 379 g/mol. The van der Waals surface area contributed by atoms with E-state index in [4.69, 9.17) is 4.74 Å². The number of benzene rings is 2. The van der Waals surface area contributed by atoms with Crippen LogP contribution in [0.1, 0.15) is 17.5 Å². The number of aryl methyl sites for hydroxylation is 2. The number of halogens is 1.